The quantitative estimate of drug-likeness (QED) is 0.767. The third kappa shape index (κ3) is 2.00. The van der Waals surface area contributed by atoms with Crippen LogP contribution in [0.3, 0.4) is 0 Å². The standard InChI is InChI=1S/C16H19FN2/c1-11-10-19(15-7-3-2-5-12(11)15)16-8-4-6-14(17)13(16)9-18/h4,6,8,11-12,15H,2-3,5,7,10H2,1H3. The van der Waals surface area contributed by atoms with Crippen molar-refractivity contribution in [3.8, 4) is 6.07 Å². The van der Waals surface area contributed by atoms with E-state index in [1.54, 1.807) is 6.07 Å². The van der Waals surface area contributed by atoms with Crippen molar-refractivity contribution in [2.75, 3.05) is 11.4 Å². The highest BCUT2D eigenvalue weighted by molar-refractivity contribution is 5.61. The van der Waals surface area contributed by atoms with Gasteiger partial charge in [-0.1, -0.05) is 25.8 Å². The van der Waals surface area contributed by atoms with Crippen molar-refractivity contribution in [1.29, 1.82) is 5.26 Å². The molecule has 1 aliphatic heterocycles. The molecule has 1 aromatic carbocycles. The summed E-state index contributed by atoms with van der Waals surface area (Å²) in [5.41, 5.74) is 1.00. The number of hydrogen-bond donors (Lipinski definition) is 0. The number of hydrogen-bond acceptors (Lipinski definition) is 2. The Bertz CT molecular complexity index is 520. The monoisotopic (exact) mass is 258 g/mol. The minimum Gasteiger partial charge on any atom is -0.367 e. The highest BCUT2D eigenvalue weighted by Gasteiger charge is 2.41. The molecule has 0 N–H and O–H groups in total. The fourth-order valence-electron chi connectivity index (χ4n) is 3.91. The van der Waals surface area contributed by atoms with Crippen LogP contribution in [0.4, 0.5) is 10.1 Å². The molecule has 1 heterocycles. The van der Waals surface area contributed by atoms with E-state index in [4.69, 9.17) is 0 Å². The van der Waals surface area contributed by atoms with Gasteiger partial charge >= 0.3 is 0 Å². The van der Waals surface area contributed by atoms with Crippen LogP contribution in [0, 0.1) is 29.0 Å². The van der Waals surface area contributed by atoms with Crippen molar-refractivity contribution in [2.24, 2.45) is 11.8 Å². The molecule has 2 nitrogen and oxygen atoms in total. The summed E-state index contributed by atoms with van der Waals surface area (Å²) in [5.74, 6) is 0.954. The lowest BCUT2D eigenvalue weighted by molar-refractivity contribution is 0.293. The third-order valence-corrected chi connectivity index (χ3v) is 4.81. The maximum absolute atomic E-state index is 13.8. The summed E-state index contributed by atoms with van der Waals surface area (Å²) in [7, 11) is 0. The minimum atomic E-state index is -0.396. The Morgan fingerprint density at radius 3 is 2.89 bits per heavy atom. The van der Waals surface area contributed by atoms with E-state index in [0.29, 0.717) is 17.9 Å². The highest BCUT2D eigenvalue weighted by Crippen LogP contribution is 2.42. The van der Waals surface area contributed by atoms with Crippen LogP contribution in [-0.4, -0.2) is 12.6 Å². The Morgan fingerprint density at radius 2 is 2.11 bits per heavy atom. The third-order valence-electron chi connectivity index (χ3n) is 4.81. The van der Waals surface area contributed by atoms with Crippen molar-refractivity contribution in [1.82, 2.24) is 0 Å². The Kier molecular flexibility index (Phi) is 3.18. The van der Waals surface area contributed by atoms with Gasteiger partial charge in [0.1, 0.15) is 17.4 Å². The van der Waals surface area contributed by atoms with Gasteiger partial charge in [-0.3, -0.25) is 0 Å². The summed E-state index contributed by atoms with van der Waals surface area (Å²) in [6.45, 7) is 3.24. The van der Waals surface area contributed by atoms with Gasteiger partial charge in [0.15, 0.2) is 0 Å². The van der Waals surface area contributed by atoms with E-state index in [9.17, 15) is 9.65 Å². The van der Waals surface area contributed by atoms with E-state index in [2.05, 4.69) is 11.8 Å². The lowest BCUT2D eigenvalue weighted by Gasteiger charge is -2.33. The molecule has 19 heavy (non-hydrogen) atoms. The molecule has 0 amide bonds. The lowest BCUT2D eigenvalue weighted by Crippen LogP contribution is -2.35. The topological polar surface area (TPSA) is 27.0 Å². The number of rotatable bonds is 1. The first-order valence-corrected chi connectivity index (χ1v) is 7.17. The summed E-state index contributed by atoms with van der Waals surface area (Å²) in [5, 5.41) is 9.20. The Morgan fingerprint density at radius 1 is 1.32 bits per heavy atom. The van der Waals surface area contributed by atoms with Crippen molar-refractivity contribution in [3.05, 3.63) is 29.6 Å². The lowest BCUT2D eigenvalue weighted by atomic mass is 9.80. The summed E-state index contributed by atoms with van der Waals surface area (Å²) in [6.07, 6.45) is 5.02. The summed E-state index contributed by atoms with van der Waals surface area (Å²) in [6, 6.07) is 7.52. The van der Waals surface area contributed by atoms with Crippen LogP contribution in [0.1, 0.15) is 38.2 Å². The first kappa shape index (κ1) is 12.5. The van der Waals surface area contributed by atoms with Gasteiger partial charge in [-0.2, -0.15) is 5.26 Å². The first-order valence-electron chi connectivity index (χ1n) is 7.17. The van der Waals surface area contributed by atoms with E-state index in [-0.39, 0.29) is 5.56 Å². The molecule has 100 valence electrons. The normalized spacial score (nSPS) is 29.9. The average molecular weight is 258 g/mol. The zero-order chi connectivity index (χ0) is 13.4. The Hall–Kier alpha value is -1.56. The molecule has 1 aromatic rings. The van der Waals surface area contributed by atoms with Crippen LogP contribution in [0.15, 0.2) is 18.2 Å². The van der Waals surface area contributed by atoms with E-state index in [0.717, 1.165) is 12.2 Å². The minimum absolute atomic E-state index is 0.209. The molecule has 1 saturated carbocycles. The van der Waals surface area contributed by atoms with Gasteiger partial charge in [0, 0.05) is 12.6 Å². The van der Waals surface area contributed by atoms with E-state index in [1.165, 1.54) is 31.7 Å². The fraction of sp³-hybridized carbons (Fsp3) is 0.562. The summed E-state index contributed by atoms with van der Waals surface area (Å²) >= 11 is 0. The number of benzene rings is 1. The molecule has 1 saturated heterocycles. The van der Waals surface area contributed by atoms with Crippen LogP contribution in [0.5, 0.6) is 0 Å². The number of nitriles is 1. The second kappa shape index (κ2) is 4.85. The van der Waals surface area contributed by atoms with Gasteiger partial charge in [-0.15, -0.1) is 0 Å². The van der Waals surface area contributed by atoms with Crippen molar-refractivity contribution in [2.45, 2.75) is 38.6 Å². The van der Waals surface area contributed by atoms with Gasteiger partial charge in [-0.25, -0.2) is 4.39 Å². The van der Waals surface area contributed by atoms with Gasteiger partial charge in [0.25, 0.3) is 0 Å². The summed E-state index contributed by atoms with van der Waals surface area (Å²) < 4.78 is 13.8. The van der Waals surface area contributed by atoms with E-state index < -0.39 is 5.82 Å². The molecule has 2 aliphatic rings. The molecule has 0 spiro atoms. The van der Waals surface area contributed by atoms with Crippen LogP contribution in [0.25, 0.3) is 0 Å². The fourth-order valence-corrected chi connectivity index (χ4v) is 3.91. The SMILES string of the molecule is CC1CN(c2cccc(F)c2C#N)C2CCCCC12. The maximum Gasteiger partial charge on any atom is 0.143 e. The zero-order valence-corrected chi connectivity index (χ0v) is 11.3. The largest absolute Gasteiger partial charge is 0.367 e. The van der Waals surface area contributed by atoms with Gasteiger partial charge < -0.3 is 4.90 Å². The molecule has 0 radical (unpaired) electrons. The van der Waals surface area contributed by atoms with Gasteiger partial charge in [0.2, 0.25) is 0 Å². The second-order valence-corrected chi connectivity index (χ2v) is 5.89. The molecule has 0 bridgehead atoms. The Labute approximate surface area is 113 Å². The highest BCUT2D eigenvalue weighted by atomic mass is 19.1. The van der Waals surface area contributed by atoms with Crippen LogP contribution in [-0.2, 0) is 0 Å². The van der Waals surface area contributed by atoms with Crippen LogP contribution in [0.2, 0.25) is 0 Å². The summed E-state index contributed by atoms with van der Waals surface area (Å²) in [4.78, 5) is 2.29. The van der Waals surface area contributed by atoms with Crippen molar-refractivity contribution in [3.63, 3.8) is 0 Å². The molecule has 3 heteroatoms. The van der Waals surface area contributed by atoms with Gasteiger partial charge in [0.05, 0.1) is 5.69 Å². The molecule has 0 aromatic heterocycles. The zero-order valence-electron chi connectivity index (χ0n) is 11.3. The predicted octanol–water partition coefficient (Wildman–Crippen LogP) is 3.71. The van der Waals surface area contributed by atoms with Crippen LogP contribution >= 0.6 is 0 Å². The maximum atomic E-state index is 13.8. The van der Waals surface area contributed by atoms with E-state index >= 15 is 0 Å². The second-order valence-electron chi connectivity index (χ2n) is 5.89. The molecular weight excluding hydrogens is 239 g/mol. The smallest absolute Gasteiger partial charge is 0.143 e. The molecule has 2 fully saturated rings. The molecule has 3 rings (SSSR count). The number of nitrogens with zero attached hydrogens (tertiary/aromatic N) is 2. The first-order chi connectivity index (χ1) is 9.22. The number of anilines is 1. The molecule has 3 atom stereocenters. The van der Waals surface area contributed by atoms with Crippen LogP contribution < -0.4 is 4.90 Å². The van der Waals surface area contributed by atoms with Crippen molar-refractivity contribution >= 4 is 5.69 Å². The number of halogens is 1. The van der Waals surface area contributed by atoms with Crippen molar-refractivity contribution < 1.29 is 4.39 Å². The number of fused-ring (bicyclic) bond motifs is 1. The molecular formula is C16H19FN2. The molecule has 3 unspecified atom stereocenters. The predicted molar refractivity (Wildman–Crippen MR) is 73.4 cm³/mol. The Balaban J connectivity index is 1.99. The van der Waals surface area contributed by atoms with Gasteiger partial charge in [-0.05, 0) is 36.8 Å². The molecule has 1 aliphatic carbocycles. The van der Waals surface area contributed by atoms with E-state index in [1.807, 2.05) is 12.1 Å². The average Bonchev–Trinajstić information content (AvgIpc) is 2.76.